The molecule has 0 amide bonds. The van der Waals surface area contributed by atoms with Gasteiger partial charge in [0.05, 0.1) is 0 Å². The summed E-state index contributed by atoms with van der Waals surface area (Å²) < 4.78 is 190. The number of pyridine rings is 4. The number of ether oxygens (including phenoxy) is 1. The zero-order valence-electron chi connectivity index (χ0n) is 36.9. The van der Waals surface area contributed by atoms with Crippen LogP contribution in [0.15, 0.2) is 147 Å². The van der Waals surface area contributed by atoms with Crippen molar-refractivity contribution in [2.45, 2.75) is 33.2 Å². The summed E-state index contributed by atoms with van der Waals surface area (Å²) in [5.41, 5.74) is 4.74. The summed E-state index contributed by atoms with van der Waals surface area (Å²) in [5.74, 6) is -0.265. The van der Waals surface area contributed by atoms with Gasteiger partial charge >= 0.3 is 105 Å². The van der Waals surface area contributed by atoms with E-state index in [1.165, 1.54) is 88.2 Å². The third kappa shape index (κ3) is 18.2. The Morgan fingerprint density at radius 2 is 0.575 bits per heavy atom. The van der Waals surface area contributed by atoms with Crippen molar-refractivity contribution in [2.75, 3.05) is 0 Å². The monoisotopic (exact) mass is 1110 g/mol. The van der Waals surface area contributed by atoms with Crippen molar-refractivity contribution in [2.24, 2.45) is 0 Å². The Balaban J connectivity index is 0.000000314. The van der Waals surface area contributed by atoms with E-state index < -0.39 is 23.4 Å². The van der Waals surface area contributed by atoms with Gasteiger partial charge < -0.3 is 4.74 Å². The zero-order chi connectivity index (χ0) is 54.0. The number of benzene rings is 6. The second kappa shape index (κ2) is 16.5. The van der Waals surface area contributed by atoms with Crippen molar-refractivity contribution >= 4 is 94.0 Å². The van der Waals surface area contributed by atoms with Crippen LogP contribution < -0.4 is 13.7 Å². The van der Waals surface area contributed by atoms with Crippen molar-refractivity contribution in [1.29, 1.82) is 0 Å². The van der Waals surface area contributed by atoms with Crippen LogP contribution in [0.4, 0.5) is 75.5 Å². The third-order valence-corrected chi connectivity index (χ3v) is 10.4. The minimum atomic E-state index is -10.7. The van der Waals surface area contributed by atoms with E-state index in [-0.39, 0.29) is 5.97 Å². The molecule has 0 aliphatic heterocycles. The van der Waals surface area contributed by atoms with E-state index in [1.54, 1.807) is 0 Å². The standard InChI is InChI=1S/C46H35N4O2.3F6P/c1-30(51)52-29-34-8-6-33(7-9-34)22-50-27-41-16-14-39-25-49(26-40-15-17-42(28-50)46(41)45(39)40)21-32-4-2-31(3-5-32)20-48-23-37-12-10-35-18-47-19-36-11-13-38(24-48)44(37)43(35)36;3*1-7(2,3,4,5)6/h2-19,23-28H,20-22,29H2,1H3;;;/q+3;3*-1. The first kappa shape index (κ1) is 54.3. The van der Waals surface area contributed by atoms with E-state index >= 15 is 0 Å². The molecular weight excluding hydrogens is 1080 g/mol. The average molecular weight is 1110 g/mol. The fourth-order valence-corrected chi connectivity index (χ4v) is 8.03. The molecule has 0 fully saturated rings. The van der Waals surface area contributed by atoms with E-state index in [0.717, 1.165) is 25.2 Å². The molecule has 27 heteroatoms. The second-order valence-corrected chi connectivity index (χ2v) is 22.7. The van der Waals surface area contributed by atoms with Gasteiger partial charge in [0.1, 0.15) is 6.61 Å². The van der Waals surface area contributed by atoms with Gasteiger partial charge in [0.15, 0.2) is 56.8 Å². The Morgan fingerprint density at radius 3 is 0.808 bits per heavy atom. The van der Waals surface area contributed by atoms with Crippen LogP contribution in [0, 0.1) is 0 Å². The molecule has 0 unspecified atom stereocenters. The molecule has 0 radical (unpaired) electrons. The summed E-state index contributed by atoms with van der Waals surface area (Å²) >= 11 is 0. The molecule has 392 valence electrons. The van der Waals surface area contributed by atoms with Gasteiger partial charge in [-0.2, -0.15) is 13.7 Å². The molecule has 10 rings (SSSR count). The van der Waals surface area contributed by atoms with Crippen molar-refractivity contribution in [3.05, 3.63) is 169 Å². The number of aromatic nitrogens is 4. The molecule has 4 heterocycles. The molecular formula is C46H35F18N4O2P3. The third-order valence-electron chi connectivity index (χ3n) is 10.4. The first-order valence-corrected chi connectivity index (χ1v) is 26.8. The number of rotatable bonds is 8. The molecule has 6 aromatic carbocycles. The van der Waals surface area contributed by atoms with Crippen molar-refractivity contribution in [3.8, 4) is 0 Å². The summed E-state index contributed by atoms with van der Waals surface area (Å²) in [5, 5.41) is 15.1. The Kier molecular flexibility index (Phi) is 12.3. The molecule has 6 nitrogen and oxygen atoms in total. The van der Waals surface area contributed by atoms with Crippen LogP contribution in [0.5, 0.6) is 0 Å². The zero-order valence-corrected chi connectivity index (χ0v) is 39.6. The van der Waals surface area contributed by atoms with Crippen LogP contribution in [-0.4, -0.2) is 11.0 Å². The van der Waals surface area contributed by atoms with Gasteiger partial charge in [-0.05, 0) is 42.0 Å². The van der Waals surface area contributed by atoms with Crippen LogP contribution in [0.25, 0.3) is 64.6 Å². The molecule has 0 atom stereocenters. The Morgan fingerprint density at radius 1 is 0.370 bits per heavy atom. The summed E-state index contributed by atoms with van der Waals surface area (Å²) in [6.45, 7) is 4.12. The minimum absolute atomic E-state index is 0.265. The van der Waals surface area contributed by atoms with Gasteiger partial charge in [0.25, 0.3) is 0 Å². The first-order valence-electron chi connectivity index (χ1n) is 20.8. The van der Waals surface area contributed by atoms with E-state index in [2.05, 4.69) is 141 Å². The maximum atomic E-state index is 11.2. The van der Waals surface area contributed by atoms with E-state index in [9.17, 15) is 80.3 Å². The first-order chi connectivity index (χ1) is 32.8. The van der Waals surface area contributed by atoms with Crippen LogP contribution in [0.1, 0.15) is 29.2 Å². The van der Waals surface area contributed by atoms with Gasteiger partial charge in [-0.1, -0.05) is 60.7 Å². The van der Waals surface area contributed by atoms with Gasteiger partial charge in [0.2, 0.25) is 0 Å². The van der Waals surface area contributed by atoms with Gasteiger partial charge in [-0.3, -0.25) is 9.78 Å². The van der Waals surface area contributed by atoms with E-state index in [0.29, 0.717) is 6.61 Å². The molecule has 10 aromatic rings. The Hall–Kier alpha value is -6.50. The summed E-state index contributed by atoms with van der Waals surface area (Å²) in [4.78, 5) is 15.6. The van der Waals surface area contributed by atoms with Crippen molar-refractivity contribution in [3.63, 3.8) is 0 Å². The van der Waals surface area contributed by atoms with Gasteiger partial charge in [0, 0.05) is 101 Å². The Labute approximate surface area is 399 Å². The number of hydrogen-bond acceptors (Lipinski definition) is 3. The van der Waals surface area contributed by atoms with E-state index in [4.69, 9.17) is 4.74 Å². The normalized spacial score (nSPS) is 15.2. The number of carbonyl (C=O) groups excluding carboxylic acids is 1. The summed E-state index contributed by atoms with van der Waals surface area (Å²) in [6.07, 6.45) is 17.5. The van der Waals surface area contributed by atoms with Gasteiger partial charge in [-0.15, -0.1) is 0 Å². The van der Waals surface area contributed by atoms with Crippen LogP contribution in [0.3, 0.4) is 0 Å². The number of halogens is 18. The molecule has 0 aliphatic rings. The topological polar surface area (TPSA) is 50.8 Å². The molecule has 0 spiro atoms. The molecule has 4 aromatic heterocycles. The van der Waals surface area contributed by atoms with E-state index in [1.807, 2.05) is 24.5 Å². The number of hydrogen-bond donors (Lipinski definition) is 0. The van der Waals surface area contributed by atoms with Crippen LogP contribution in [0.2, 0.25) is 0 Å². The number of esters is 1. The molecule has 0 N–H and O–H groups in total. The fourth-order valence-electron chi connectivity index (χ4n) is 8.03. The summed E-state index contributed by atoms with van der Waals surface area (Å²) in [6, 6.07) is 35.1. The summed E-state index contributed by atoms with van der Waals surface area (Å²) in [7, 11) is -32.0. The quantitative estimate of drug-likeness (QED) is 0.0501. The predicted molar refractivity (Wildman–Crippen MR) is 245 cm³/mol. The fraction of sp³-hybridized carbons (Fsp3) is 0.109. The van der Waals surface area contributed by atoms with Gasteiger partial charge in [-0.25, -0.2) is 0 Å². The van der Waals surface area contributed by atoms with Crippen LogP contribution in [-0.2, 0) is 35.8 Å². The molecule has 0 saturated heterocycles. The van der Waals surface area contributed by atoms with Crippen molar-refractivity contribution < 1.29 is 98.8 Å². The predicted octanol–water partition coefficient (Wildman–Crippen LogP) is 18.1. The molecule has 0 aliphatic carbocycles. The molecule has 0 saturated carbocycles. The number of nitrogens with zero attached hydrogens (tertiary/aromatic N) is 4. The van der Waals surface area contributed by atoms with Crippen molar-refractivity contribution in [1.82, 2.24) is 4.98 Å². The van der Waals surface area contributed by atoms with Crippen LogP contribution >= 0.6 is 23.4 Å². The molecule has 0 bridgehead atoms. The SMILES string of the molecule is CC(=O)OCc1ccc(C[n+]2cc3ccc4c[n+](Cc5ccc(C[n+]6cc7ccc8cncc9ccc(c6)c7c89)cc5)cc5ccc(c2)c3c45)cc1.F[P-](F)(F)(F)(F)F.F[P-](F)(F)(F)(F)F.F[P-](F)(F)(F)(F)F. The average Bonchev–Trinajstić information content (AvgIpc) is 3.21. The molecule has 73 heavy (non-hydrogen) atoms. The maximum absolute atomic E-state index is 11.2. The Bertz CT molecular complexity index is 3490. The second-order valence-electron chi connectivity index (χ2n) is 17.0. The number of carbonyl (C=O) groups is 1.